The molecule has 0 saturated carbocycles. The summed E-state index contributed by atoms with van der Waals surface area (Å²) in [6, 6.07) is 14.9. The summed E-state index contributed by atoms with van der Waals surface area (Å²) in [6.07, 6.45) is -0.340. The molecule has 2 aromatic carbocycles. The van der Waals surface area contributed by atoms with Crippen molar-refractivity contribution in [3.8, 4) is 5.75 Å². The van der Waals surface area contributed by atoms with Crippen LogP contribution >= 0.6 is 22.9 Å². The standard InChI is InChI=1S/C23H27ClN2O3S2/c1-17(13-25-31(27,28)23-9-5-8-22(24)18(23)2)29-21-7-4-6-19(12-21)14-26(3)15-20-10-11-30-16-20/h4-12,16-17,25H,13-15H2,1-3H3. The fraction of sp³-hybridized carbons (Fsp3) is 0.304. The van der Waals surface area contributed by atoms with Gasteiger partial charge in [-0.3, -0.25) is 4.90 Å². The molecule has 1 N–H and O–H groups in total. The maximum atomic E-state index is 12.6. The molecular formula is C23H27ClN2O3S2. The van der Waals surface area contributed by atoms with Gasteiger partial charge in [-0.05, 0) is 78.7 Å². The van der Waals surface area contributed by atoms with Gasteiger partial charge < -0.3 is 4.74 Å². The minimum absolute atomic E-state index is 0.149. The van der Waals surface area contributed by atoms with Crippen molar-refractivity contribution in [3.63, 3.8) is 0 Å². The Labute approximate surface area is 193 Å². The monoisotopic (exact) mass is 478 g/mol. The minimum Gasteiger partial charge on any atom is -0.489 e. The Hall–Kier alpha value is -1.90. The summed E-state index contributed by atoms with van der Waals surface area (Å²) >= 11 is 7.76. The van der Waals surface area contributed by atoms with Crippen LogP contribution in [0.1, 0.15) is 23.6 Å². The van der Waals surface area contributed by atoms with Crippen LogP contribution in [0.3, 0.4) is 0 Å². The first-order chi connectivity index (χ1) is 14.7. The fourth-order valence-corrected chi connectivity index (χ4v) is 5.51. The Balaban J connectivity index is 1.56. The third-order valence-corrected chi connectivity index (χ3v) is 7.50. The van der Waals surface area contributed by atoms with Gasteiger partial charge in [0.1, 0.15) is 11.9 Å². The van der Waals surface area contributed by atoms with Crippen molar-refractivity contribution in [1.29, 1.82) is 0 Å². The molecule has 1 unspecified atom stereocenters. The van der Waals surface area contributed by atoms with Crippen LogP contribution < -0.4 is 9.46 Å². The molecule has 0 amide bonds. The van der Waals surface area contributed by atoms with Crippen molar-refractivity contribution >= 4 is 33.0 Å². The molecule has 5 nitrogen and oxygen atoms in total. The van der Waals surface area contributed by atoms with Crippen molar-refractivity contribution in [1.82, 2.24) is 9.62 Å². The van der Waals surface area contributed by atoms with Crippen molar-refractivity contribution in [2.75, 3.05) is 13.6 Å². The average molecular weight is 479 g/mol. The van der Waals surface area contributed by atoms with Gasteiger partial charge in [0.05, 0.1) is 4.90 Å². The van der Waals surface area contributed by atoms with Gasteiger partial charge in [0, 0.05) is 24.7 Å². The van der Waals surface area contributed by atoms with Crippen LogP contribution in [0.15, 0.2) is 64.2 Å². The van der Waals surface area contributed by atoms with E-state index in [1.165, 1.54) is 5.56 Å². The first-order valence-electron chi connectivity index (χ1n) is 9.94. The van der Waals surface area contributed by atoms with Gasteiger partial charge in [0.2, 0.25) is 10.0 Å². The van der Waals surface area contributed by atoms with Crippen molar-refractivity contribution < 1.29 is 13.2 Å². The summed E-state index contributed by atoms with van der Waals surface area (Å²) in [4.78, 5) is 2.43. The zero-order valence-corrected chi connectivity index (χ0v) is 20.2. The second-order valence-electron chi connectivity index (χ2n) is 7.59. The zero-order chi connectivity index (χ0) is 22.4. The Morgan fingerprint density at radius 3 is 2.61 bits per heavy atom. The highest BCUT2D eigenvalue weighted by atomic mass is 35.5. The first-order valence-corrected chi connectivity index (χ1v) is 12.7. The quantitative estimate of drug-likeness (QED) is 0.441. The minimum atomic E-state index is -3.67. The van der Waals surface area contributed by atoms with Crippen LogP contribution in [-0.2, 0) is 23.1 Å². The molecule has 0 aliphatic heterocycles. The maximum absolute atomic E-state index is 12.6. The second-order valence-corrected chi connectivity index (χ2v) is 10.5. The van der Waals surface area contributed by atoms with E-state index in [-0.39, 0.29) is 17.5 Å². The number of nitrogens with zero attached hydrogens (tertiary/aromatic N) is 1. The molecule has 8 heteroatoms. The molecular weight excluding hydrogens is 452 g/mol. The summed E-state index contributed by atoms with van der Waals surface area (Å²) in [5.74, 6) is 0.715. The van der Waals surface area contributed by atoms with Crippen molar-refractivity contribution in [2.45, 2.75) is 37.9 Å². The molecule has 1 atom stereocenters. The molecule has 0 fully saturated rings. The Morgan fingerprint density at radius 1 is 1.13 bits per heavy atom. The van der Waals surface area contributed by atoms with Crippen LogP contribution in [0, 0.1) is 6.92 Å². The van der Waals surface area contributed by atoms with Gasteiger partial charge in [0.15, 0.2) is 0 Å². The van der Waals surface area contributed by atoms with Gasteiger partial charge in [-0.2, -0.15) is 11.3 Å². The highest BCUT2D eigenvalue weighted by Gasteiger charge is 2.19. The number of rotatable bonds is 10. The highest BCUT2D eigenvalue weighted by Crippen LogP contribution is 2.23. The lowest BCUT2D eigenvalue weighted by Gasteiger charge is -2.19. The van der Waals surface area contributed by atoms with Gasteiger partial charge in [-0.25, -0.2) is 13.1 Å². The number of sulfonamides is 1. The van der Waals surface area contributed by atoms with Crippen LogP contribution in [0.25, 0.3) is 0 Å². The van der Waals surface area contributed by atoms with E-state index in [1.807, 2.05) is 25.1 Å². The van der Waals surface area contributed by atoms with E-state index in [2.05, 4.69) is 39.6 Å². The van der Waals surface area contributed by atoms with E-state index < -0.39 is 10.0 Å². The molecule has 31 heavy (non-hydrogen) atoms. The lowest BCUT2D eigenvalue weighted by Crippen LogP contribution is -2.34. The topological polar surface area (TPSA) is 58.6 Å². The predicted octanol–water partition coefficient (Wildman–Crippen LogP) is 5.09. The summed E-state index contributed by atoms with van der Waals surface area (Å²) in [5.41, 5.74) is 2.97. The Kier molecular flexibility index (Phi) is 8.13. The molecule has 0 saturated heterocycles. The first kappa shape index (κ1) is 23.8. The van der Waals surface area contributed by atoms with Crippen LogP contribution in [0.5, 0.6) is 5.75 Å². The normalized spacial score (nSPS) is 12.8. The summed E-state index contributed by atoms with van der Waals surface area (Å²) in [7, 11) is -1.59. The largest absolute Gasteiger partial charge is 0.489 e. The number of hydrogen-bond donors (Lipinski definition) is 1. The number of thiophene rings is 1. The molecule has 1 heterocycles. The van der Waals surface area contributed by atoms with Crippen LogP contribution in [-0.4, -0.2) is 33.0 Å². The molecule has 0 bridgehead atoms. The molecule has 0 radical (unpaired) electrons. The molecule has 1 aromatic heterocycles. The van der Waals surface area contributed by atoms with E-state index in [1.54, 1.807) is 36.5 Å². The van der Waals surface area contributed by atoms with E-state index >= 15 is 0 Å². The number of benzene rings is 2. The third-order valence-electron chi connectivity index (χ3n) is 4.79. The van der Waals surface area contributed by atoms with E-state index in [0.717, 1.165) is 18.7 Å². The van der Waals surface area contributed by atoms with Crippen LogP contribution in [0.4, 0.5) is 0 Å². The molecule has 0 aliphatic rings. The molecule has 0 aliphatic carbocycles. The smallest absolute Gasteiger partial charge is 0.241 e. The predicted molar refractivity (Wildman–Crippen MR) is 127 cm³/mol. The molecule has 166 valence electrons. The summed E-state index contributed by atoms with van der Waals surface area (Å²) in [5, 5.41) is 4.66. The zero-order valence-electron chi connectivity index (χ0n) is 17.8. The number of hydrogen-bond acceptors (Lipinski definition) is 5. The number of halogens is 1. The molecule has 0 spiro atoms. The van der Waals surface area contributed by atoms with Crippen LogP contribution in [0.2, 0.25) is 5.02 Å². The van der Waals surface area contributed by atoms with Crippen molar-refractivity contribution in [2.24, 2.45) is 0 Å². The van der Waals surface area contributed by atoms with Crippen molar-refractivity contribution in [3.05, 3.63) is 81.0 Å². The Morgan fingerprint density at radius 2 is 1.87 bits per heavy atom. The molecule has 3 aromatic rings. The maximum Gasteiger partial charge on any atom is 0.241 e. The fourth-order valence-electron chi connectivity index (χ4n) is 3.24. The Bertz CT molecular complexity index is 1100. The highest BCUT2D eigenvalue weighted by molar-refractivity contribution is 7.89. The number of ether oxygens (including phenoxy) is 1. The SMILES string of the molecule is Cc1c(Cl)cccc1S(=O)(=O)NCC(C)Oc1cccc(CN(C)Cc2ccsc2)c1. The summed E-state index contributed by atoms with van der Waals surface area (Å²) < 4.78 is 33.8. The third kappa shape index (κ3) is 6.79. The van der Waals surface area contributed by atoms with E-state index in [4.69, 9.17) is 16.3 Å². The number of nitrogens with one attached hydrogen (secondary N) is 1. The van der Waals surface area contributed by atoms with E-state index in [0.29, 0.717) is 16.3 Å². The second kappa shape index (κ2) is 10.6. The lowest BCUT2D eigenvalue weighted by molar-refractivity contribution is 0.224. The average Bonchev–Trinajstić information content (AvgIpc) is 3.21. The van der Waals surface area contributed by atoms with E-state index in [9.17, 15) is 8.42 Å². The van der Waals surface area contributed by atoms with Gasteiger partial charge in [0.25, 0.3) is 0 Å². The molecule has 3 rings (SSSR count). The lowest BCUT2D eigenvalue weighted by atomic mass is 10.2. The van der Waals surface area contributed by atoms with Gasteiger partial charge in [-0.15, -0.1) is 0 Å². The summed E-state index contributed by atoms with van der Waals surface area (Å²) in [6.45, 7) is 5.36. The van der Waals surface area contributed by atoms with Gasteiger partial charge in [-0.1, -0.05) is 29.8 Å². The van der Waals surface area contributed by atoms with Gasteiger partial charge >= 0.3 is 0 Å².